The summed E-state index contributed by atoms with van der Waals surface area (Å²) in [6.45, 7) is 4.28. The van der Waals surface area contributed by atoms with Crippen LogP contribution >= 0.6 is 0 Å². The zero-order valence-corrected chi connectivity index (χ0v) is 11.0. The van der Waals surface area contributed by atoms with E-state index in [2.05, 4.69) is 0 Å². The fourth-order valence-electron chi connectivity index (χ4n) is 2.28. The van der Waals surface area contributed by atoms with Crippen molar-refractivity contribution < 1.29 is 19.1 Å². The number of aryl methyl sites for hydroxylation is 1. The molecule has 1 aromatic rings. The van der Waals surface area contributed by atoms with Crippen molar-refractivity contribution in [2.75, 3.05) is 32.7 Å². The molecular formula is C13H18N2O4. The highest BCUT2D eigenvalue weighted by Gasteiger charge is 2.25. The van der Waals surface area contributed by atoms with Crippen LogP contribution in [0.3, 0.4) is 0 Å². The Morgan fingerprint density at radius 1 is 1.32 bits per heavy atom. The summed E-state index contributed by atoms with van der Waals surface area (Å²) in [5.41, 5.74) is 0.620. The van der Waals surface area contributed by atoms with Crippen LogP contribution < -0.4 is 0 Å². The van der Waals surface area contributed by atoms with Crippen LogP contribution in [0, 0.1) is 0 Å². The predicted molar refractivity (Wildman–Crippen MR) is 68.1 cm³/mol. The van der Waals surface area contributed by atoms with Gasteiger partial charge in [-0.1, -0.05) is 6.92 Å². The van der Waals surface area contributed by atoms with Crippen molar-refractivity contribution in [3.63, 3.8) is 0 Å². The maximum absolute atomic E-state index is 12.3. The van der Waals surface area contributed by atoms with Gasteiger partial charge in [0.2, 0.25) is 0 Å². The second-order valence-corrected chi connectivity index (χ2v) is 4.57. The molecule has 0 bridgehead atoms. The largest absolute Gasteiger partial charge is 0.480 e. The molecule has 2 rings (SSSR count). The van der Waals surface area contributed by atoms with Gasteiger partial charge in [0.15, 0.2) is 0 Å². The minimum absolute atomic E-state index is 0.0272. The number of rotatable bonds is 4. The molecule has 0 saturated carbocycles. The molecule has 104 valence electrons. The molecule has 1 fully saturated rings. The molecule has 19 heavy (non-hydrogen) atoms. The van der Waals surface area contributed by atoms with Crippen LogP contribution in [0.4, 0.5) is 0 Å². The standard InChI is InChI=1S/C13H18N2O4/c1-2-11-10(3-8-19-11)13(18)15-6-4-14(5-7-15)9-12(16)17/h3,8H,2,4-7,9H2,1H3,(H,16,17). The summed E-state index contributed by atoms with van der Waals surface area (Å²) in [4.78, 5) is 26.5. The molecule has 0 spiro atoms. The van der Waals surface area contributed by atoms with Crippen molar-refractivity contribution in [2.45, 2.75) is 13.3 Å². The molecule has 2 heterocycles. The van der Waals surface area contributed by atoms with E-state index in [-0.39, 0.29) is 12.5 Å². The lowest BCUT2D eigenvalue weighted by Gasteiger charge is -2.33. The molecule has 6 nitrogen and oxygen atoms in total. The van der Waals surface area contributed by atoms with E-state index in [1.54, 1.807) is 11.0 Å². The Bertz CT molecular complexity index is 461. The number of aliphatic carboxylic acids is 1. The molecule has 1 saturated heterocycles. The van der Waals surface area contributed by atoms with Crippen LogP contribution in [0.15, 0.2) is 16.7 Å². The minimum atomic E-state index is -0.831. The van der Waals surface area contributed by atoms with Gasteiger partial charge in [0.25, 0.3) is 5.91 Å². The van der Waals surface area contributed by atoms with Gasteiger partial charge in [-0.25, -0.2) is 0 Å². The van der Waals surface area contributed by atoms with E-state index in [4.69, 9.17) is 9.52 Å². The van der Waals surface area contributed by atoms with Crippen molar-refractivity contribution in [2.24, 2.45) is 0 Å². The van der Waals surface area contributed by atoms with E-state index in [1.165, 1.54) is 6.26 Å². The Kier molecular flexibility index (Phi) is 4.21. The fraction of sp³-hybridized carbons (Fsp3) is 0.538. The van der Waals surface area contributed by atoms with Crippen molar-refractivity contribution in [3.05, 3.63) is 23.7 Å². The monoisotopic (exact) mass is 266 g/mol. The first-order valence-electron chi connectivity index (χ1n) is 6.41. The van der Waals surface area contributed by atoms with E-state index in [0.29, 0.717) is 43.9 Å². The molecule has 0 radical (unpaired) electrons. The van der Waals surface area contributed by atoms with Crippen LogP contribution in [0.2, 0.25) is 0 Å². The molecule has 0 unspecified atom stereocenters. The lowest BCUT2D eigenvalue weighted by molar-refractivity contribution is -0.138. The fourth-order valence-corrected chi connectivity index (χ4v) is 2.28. The zero-order chi connectivity index (χ0) is 13.8. The number of carboxylic acids is 1. The number of hydrogen-bond acceptors (Lipinski definition) is 4. The van der Waals surface area contributed by atoms with Crippen molar-refractivity contribution >= 4 is 11.9 Å². The summed E-state index contributed by atoms with van der Waals surface area (Å²) in [7, 11) is 0. The number of hydrogen-bond donors (Lipinski definition) is 1. The zero-order valence-electron chi connectivity index (χ0n) is 11.0. The number of carbonyl (C=O) groups is 2. The van der Waals surface area contributed by atoms with Crippen molar-refractivity contribution in [3.8, 4) is 0 Å². The highest BCUT2D eigenvalue weighted by Crippen LogP contribution is 2.15. The summed E-state index contributed by atoms with van der Waals surface area (Å²) < 4.78 is 5.26. The quantitative estimate of drug-likeness (QED) is 0.867. The molecule has 1 N–H and O–H groups in total. The summed E-state index contributed by atoms with van der Waals surface area (Å²) in [6.07, 6.45) is 2.22. The molecule has 6 heteroatoms. The third-order valence-electron chi connectivity index (χ3n) is 3.32. The molecule has 0 aliphatic carbocycles. The highest BCUT2D eigenvalue weighted by molar-refractivity contribution is 5.95. The number of amides is 1. The van der Waals surface area contributed by atoms with E-state index in [0.717, 1.165) is 0 Å². The van der Waals surface area contributed by atoms with Gasteiger partial charge >= 0.3 is 5.97 Å². The highest BCUT2D eigenvalue weighted by atomic mass is 16.4. The number of carbonyl (C=O) groups excluding carboxylic acids is 1. The van der Waals surface area contributed by atoms with Gasteiger partial charge in [0.05, 0.1) is 18.4 Å². The van der Waals surface area contributed by atoms with Crippen molar-refractivity contribution in [1.29, 1.82) is 0 Å². The summed E-state index contributed by atoms with van der Waals surface area (Å²) in [6, 6.07) is 1.70. The summed E-state index contributed by atoms with van der Waals surface area (Å²) >= 11 is 0. The maximum Gasteiger partial charge on any atom is 0.317 e. The van der Waals surface area contributed by atoms with Crippen LogP contribution in [0.25, 0.3) is 0 Å². The summed E-state index contributed by atoms with van der Waals surface area (Å²) in [5, 5.41) is 8.72. The molecular weight excluding hydrogens is 248 g/mol. The first kappa shape index (κ1) is 13.6. The van der Waals surface area contributed by atoms with E-state index in [1.807, 2.05) is 11.8 Å². The molecule has 0 aromatic carbocycles. The first-order chi connectivity index (χ1) is 9.11. The second kappa shape index (κ2) is 5.88. The average Bonchev–Trinajstić information content (AvgIpc) is 2.86. The maximum atomic E-state index is 12.3. The molecule has 0 atom stereocenters. The van der Waals surface area contributed by atoms with Gasteiger partial charge in [-0.2, -0.15) is 0 Å². The third-order valence-corrected chi connectivity index (χ3v) is 3.32. The Balaban J connectivity index is 1.94. The van der Waals surface area contributed by atoms with Crippen LogP contribution in [0.5, 0.6) is 0 Å². The normalized spacial score (nSPS) is 16.6. The Morgan fingerprint density at radius 2 is 2.00 bits per heavy atom. The van der Waals surface area contributed by atoms with Gasteiger partial charge in [-0.05, 0) is 6.07 Å². The Hall–Kier alpha value is -1.82. The molecule has 1 aliphatic heterocycles. The van der Waals surface area contributed by atoms with E-state index < -0.39 is 5.97 Å². The number of nitrogens with zero attached hydrogens (tertiary/aromatic N) is 2. The predicted octanol–water partition coefficient (Wildman–Crippen LogP) is 0.684. The van der Waals surface area contributed by atoms with Gasteiger partial charge in [-0.15, -0.1) is 0 Å². The second-order valence-electron chi connectivity index (χ2n) is 4.57. The SMILES string of the molecule is CCc1occc1C(=O)N1CCN(CC(=O)O)CC1. The van der Waals surface area contributed by atoms with Gasteiger partial charge in [0, 0.05) is 32.6 Å². The van der Waals surface area contributed by atoms with Gasteiger partial charge in [0.1, 0.15) is 5.76 Å². The van der Waals surface area contributed by atoms with Crippen molar-refractivity contribution in [1.82, 2.24) is 9.80 Å². The lowest BCUT2D eigenvalue weighted by Crippen LogP contribution is -2.49. The average molecular weight is 266 g/mol. The van der Waals surface area contributed by atoms with Crippen LogP contribution in [-0.4, -0.2) is 59.5 Å². The third kappa shape index (κ3) is 3.14. The van der Waals surface area contributed by atoms with E-state index in [9.17, 15) is 9.59 Å². The minimum Gasteiger partial charge on any atom is -0.480 e. The topological polar surface area (TPSA) is 74.0 Å². The van der Waals surface area contributed by atoms with Crippen LogP contribution in [-0.2, 0) is 11.2 Å². The van der Waals surface area contributed by atoms with E-state index >= 15 is 0 Å². The number of piperazine rings is 1. The smallest absolute Gasteiger partial charge is 0.317 e. The Labute approximate surface area is 111 Å². The number of carboxylic acid groups (broad SMARTS) is 1. The lowest BCUT2D eigenvalue weighted by atomic mass is 10.1. The number of furan rings is 1. The molecule has 1 aromatic heterocycles. The first-order valence-corrected chi connectivity index (χ1v) is 6.41. The molecule has 1 amide bonds. The van der Waals surface area contributed by atoms with Crippen LogP contribution in [0.1, 0.15) is 23.0 Å². The van der Waals surface area contributed by atoms with Gasteiger partial charge < -0.3 is 14.4 Å². The Morgan fingerprint density at radius 3 is 2.58 bits per heavy atom. The van der Waals surface area contributed by atoms with Gasteiger partial charge in [-0.3, -0.25) is 14.5 Å². The molecule has 1 aliphatic rings. The summed E-state index contributed by atoms with van der Waals surface area (Å²) in [5.74, 6) is -0.151.